The van der Waals surface area contributed by atoms with Crippen molar-refractivity contribution in [1.29, 1.82) is 0 Å². The Hall–Kier alpha value is -5.02. The fourth-order valence-corrected chi connectivity index (χ4v) is 13.2. The summed E-state index contributed by atoms with van der Waals surface area (Å²) in [7, 11) is 0. The van der Waals surface area contributed by atoms with Crippen molar-refractivity contribution in [1.82, 2.24) is 0 Å². The molecule has 70 heavy (non-hydrogen) atoms. The monoisotopic (exact) mass is 927 g/mol. The summed E-state index contributed by atoms with van der Waals surface area (Å²) in [6.07, 6.45) is 3.48. The fourth-order valence-electron chi connectivity index (χ4n) is 13.2. The zero-order chi connectivity index (χ0) is 50.8. The largest absolute Gasteiger partial charge is 0.311 e. The van der Waals surface area contributed by atoms with Gasteiger partial charge in [-0.05, 0) is 178 Å². The lowest BCUT2D eigenvalue weighted by Crippen LogP contribution is -2.62. The van der Waals surface area contributed by atoms with Crippen LogP contribution in [0.5, 0.6) is 0 Å². The van der Waals surface area contributed by atoms with Crippen molar-refractivity contribution in [3.63, 3.8) is 0 Å². The van der Waals surface area contributed by atoms with Crippen molar-refractivity contribution in [2.45, 2.75) is 201 Å². The number of hydrogen-bond donors (Lipinski definition) is 0. The molecule has 2 nitrogen and oxygen atoms in total. The highest BCUT2D eigenvalue weighted by Gasteiger charge is 2.48. The first kappa shape index (κ1) is 48.6. The summed E-state index contributed by atoms with van der Waals surface area (Å²) in [4.78, 5) is 5.41. The Kier molecular flexibility index (Phi) is 10.6. The molecule has 0 fully saturated rings. The Labute approximate surface area is 424 Å². The van der Waals surface area contributed by atoms with Crippen LogP contribution in [0.15, 0.2) is 103 Å². The highest BCUT2D eigenvalue weighted by molar-refractivity contribution is 7.00. The molecule has 0 amide bonds. The minimum Gasteiger partial charge on any atom is -0.311 e. The first-order chi connectivity index (χ1) is 32.2. The van der Waals surface area contributed by atoms with E-state index in [2.05, 4.69) is 251 Å². The zero-order valence-corrected chi connectivity index (χ0v) is 46.9. The van der Waals surface area contributed by atoms with Gasteiger partial charge in [-0.25, -0.2) is 0 Å². The van der Waals surface area contributed by atoms with Gasteiger partial charge in [0.25, 0.3) is 6.71 Å². The highest BCUT2D eigenvalue weighted by Crippen LogP contribution is 2.55. The average molecular weight is 927 g/mol. The number of anilines is 6. The van der Waals surface area contributed by atoms with Gasteiger partial charge in [-0.3, -0.25) is 0 Å². The van der Waals surface area contributed by atoms with Crippen LogP contribution in [-0.2, 0) is 43.3 Å². The van der Waals surface area contributed by atoms with E-state index in [9.17, 15) is 0 Å². The Morgan fingerprint density at radius 1 is 0.386 bits per heavy atom. The lowest BCUT2D eigenvalue weighted by atomic mass is 9.33. The smallest absolute Gasteiger partial charge is 0.252 e. The molecule has 0 N–H and O–H groups in total. The van der Waals surface area contributed by atoms with Gasteiger partial charge in [-0.1, -0.05) is 193 Å². The van der Waals surface area contributed by atoms with Gasteiger partial charge in [0.1, 0.15) is 0 Å². The highest BCUT2D eigenvalue weighted by atomic mass is 15.2. The Bertz CT molecular complexity index is 3130. The molecule has 0 unspecified atom stereocenters. The molecular weight excluding hydrogens is 844 g/mol. The van der Waals surface area contributed by atoms with Crippen LogP contribution < -0.4 is 26.2 Å². The summed E-state index contributed by atoms with van der Waals surface area (Å²) >= 11 is 0. The lowest BCUT2D eigenvalue weighted by Gasteiger charge is -2.48. The Morgan fingerprint density at radius 3 is 1.50 bits per heavy atom. The van der Waals surface area contributed by atoms with Crippen LogP contribution >= 0.6 is 0 Å². The van der Waals surface area contributed by atoms with Crippen molar-refractivity contribution < 1.29 is 0 Å². The molecule has 0 atom stereocenters. The quantitative estimate of drug-likeness (QED) is 0.163. The van der Waals surface area contributed by atoms with E-state index < -0.39 is 0 Å². The minimum atomic E-state index is -0.126. The topological polar surface area (TPSA) is 6.48 Å². The second-order valence-electron chi connectivity index (χ2n) is 29.0. The van der Waals surface area contributed by atoms with Crippen LogP contribution in [0.1, 0.15) is 202 Å². The maximum Gasteiger partial charge on any atom is 0.252 e. The van der Waals surface area contributed by atoms with Crippen LogP contribution in [0.3, 0.4) is 0 Å². The van der Waals surface area contributed by atoms with Crippen LogP contribution in [-0.4, -0.2) is 6.71 Å². The summed E-state index contributed by atoms with van der Waals surface area (Å²) in [6.45, 7) is 48.2. The molecule has 2 aliphatic carbocycles. The van der Waals surface area contributed by atoms with Crippen LogP contribution in [0.4, 0.5) is 34.1 Å². The maximum absolute atomic E-state index is 2.75. The molecule has 6 aromatic carbocycles. The van der Waals surface area contributed by atoms with Gasteiger partial charge in [-0.2, -0.15) is 0 Å². The van der Waals surface area contributed by atoms with E-state index >= 15 is 0 Å². The number of rotatable bonds is 3. The molecule has 364 valence electrons. The van der Waals surface area contributed by atoms with E-state index in [0.29, 0.717) is 0 Å². The Morgan fingerprint density at radius 2 is 0.886 bits per heavy atom. The van der Waals surface area contributed by atoms with E-state index in [-0.39, 0.29) is 50.0 Å². The fraction of sp³-hybridized carbons (Fsp3) is 0.463. The summed E-state index contributed by atoms with van der Waals surface area (Å²) < 4.78 is 0. The zero-order valence-electron chi connectivity index (χ0n) is 46.9. The normalized spacial score (nSPS) is 18.5. The van der Waals surface area contributed by atoms with Crippen LogP contribution in [0, 0.1) is 0 Å². The van der Waals surface area contributed by atoms with Gasteiger partial charge >= 0.3 is 0 Å². The van der Waals surface area contributed by atoms with Gasteiger partial charge in [0.2, 0.25) is 0 Å². The van der Waals surface area contributed by atoms with Gasteiger partial charge in [0.05, 0.1) is 5.69 Å². The molecule has 0 radical (unpaired) electrons. The van der Waals surface area contributed by atoms with Gasteiger partial charge < -0.3 is 9.80 Å². The SMILES string of the molecule is CC(C)(C)c1cccc(N2c3cc(C(C)(C)C)ccc3B3c4cc5c(cc4N(c4ccc(C(C)(C)C)cc4-c4ccc6c(c4)C(C)(C)CC6(C)C)c4cc(C(C)(C)C)cc2c43)C(C)(C)CCC5(C)C)c1. The van der Waals surface area contributed by atoms with Crippen molar-refractivity contribution in [2.75, 3.05) is 9.80 Å². The molecule has 0 aromatic heterocycles. The number of fused-ring (bicyclic) bond motifs is 6. The molecule has 0 spiro atoms. The predicted octanol–water partition coefficient (Wildman–Crippen LogP) is 16.9. The second kappa shape index (κ2) is 15.3. The summed E-state index contributed by atoms with van der Waals surface area (Å²) in [5, 5.41) is 0. The van der Waals surface area contributed by atoms with E-state index in [1.165, 1.54) is 113 Å². The molecule has 2 aliphatic heterocycles. The summed E-state index contributed by atoms with van der Waals surface area (Å²) in [5.74, 6) is 0. The second-order valence-corrected chi connectivity index (χ2v) is 29.0. The molecule has 2 heterocycles. The maximum atomic E-state index is 2.75. The van der Waals surface area contributed by atoms with Crippen LogP contribution in [0.2, 0.25) is 0 Å². The molecule has 4 aliphatic rings. The number of benzene rings is 6. The molecule has 10 rings (SSSR count). The van der Waals surface area contributed by atoms with E-state index in [1.807, 2.05) is 0 Å². The predicted molar refractivity (Wildman–Crippen MR) is 307 cm³/mol. The first-order valence-corrected chi connectivity index (χ1v) is 26.7. The average Bonchev–Trinajstić information content (AvgIpc) is 3.44. The minimum absolute atomic E-state index is 0.00927. The van der Waals surface area contributed by atoms with E-state index in [1.54, 1.807) is 0 Å². The lowest BCUT2D eigenvalue weighted by molar-refractivity contribution is 0.332. The standard InChI is InChI=1S/C67H83BN2/c1-60(2,3)42-22-21-23-46(33-42)69-55-35-44(62(7,8)9)25-28-52(55)68-53-38-50-51(65(15,16)31-30-64(50,13)14)39-56(53)70(58-37-45(63(10,11)12)36-57(69)59(58)68)54-29-26-43(61(4,5)6)34-47(54)41-24-27-48-49(32-41)67(19,20)40-66(48,17)18/h21-29,32-39H,30-31,40H2,1-20H3. The summed E-state index contributed by atoms with van der Waals surface area (Å²) in [5.41, 5.74) is 25.9. The van der Waals surface area contributed by atoms with Gasteiger partial charge in [0, 0.05) is 34.0 Å². The molecular formula is C67H83BN2. The van der Waals surface area contributed by atoms with Gasteiger partial charge in [0.15, 0.2) is 0 Å². The molecule has 0 saturated carbocycles. The molecule has 6 aromatic rings. The van der Waals surface area contributed by atoms with Crippen molar-refractivity contribution in [3.8, 4) is 11.1 Å². The first-order valence-electron chi connectivity index (χ1n) is 26.7. The van der Waals surface area contributed by atoms with E-state index in [0.717, 1.165) is 12.8 Å². The van der Waals surface area contributed by atoms with Gasteiger partial charge in [-0.15, -0.1) is 0 Å². The third-order valence-corrected chi connectivity index (χ3v) is 17.5. The number of hydrogen-bond acceptors (Lipinski definition) is 2. The molecule has 0 saturated heterocycles. The summed E-state index contributed by atoms with van der Waals surface area (Å²) in [6, 6.07) is 42.5. The van der Waals surface area contributed by atoms with Crippen molar-refractivity contribution in [2.24, 2.45) is 0 Å². The third kappa shape index (κ3) is 7.73. The molecule has 0 bridgehead atoms. The third-order valence-electron chi connectivity index (χ3n) is 17.5. The molecule has 3 heteroatoms. The van der Waals surface area contributed by atoms with Crippen molar-refractivity contribution >= 4 is 57.2 Å². The van der Waals surface area contributed by atoms with E-state index in [4.69, 9.17) is 0 Å². The number of nitrogens with zero attached hydrogens (tertiary/aromatic N) is 2. The Balaban J connectivity index is 1.37. The van der Waals surface area contributed by atoms with Crippen molar-refractivity contribution in [3.05, 3.63) is 148 Å². The van der Waals surface area contributed by atoms with Crippen LogP contribution in [0.25, 0.3) is 11.1 Å².